The maximum Gasteiger partial charge on any atom is 0.255 e. The molecule has 6 atom stereocenters. The lowest BCUT2D eigenvalue weighted by Gasteiger charge is -2.53. The van der Waals surface area contributed by atoms with E-state index in [4.69, 9.17) is 5.73 Å². The van der Waals surface area contributed by atoms with Gasteiger partial charge in [0.05, 0.1) is 23.6 Å². The van der Waals surface area contributed by atoms with Crippen LogP contribution in [0.1, 0.15) is 24.0 Å². The minimum absolute atomic E-state index is 0. The van der Waals surface area contributed by atoms with Crippen LogP contribution in [0.25, 0.3) is 5.76 Å². The zero-order valence-corrected chi connectivity index (χ0v) is 21.1. The number of phenols is 1. The second kappa shape index (κ2) is 13.5. The topological polar surface area (TPSA) is 402 Å². The number of ketones is 2. The van der Waals surface area contributed by atoms with Crippen molar-refractivity contribution in [2.75, 3.05) is 14.1 Å². The number of likely N-dealkylation sites (N-methyl/N-ethyl adjacent to an activating group) is 1. The summed E-state index contributed by atoms with van der Waals surface area (Å²) in [7, 11) is 2.92. The maximum absolute atomic E-state index is 13.7. The quantitative estimate of drug-likeness (QED) is 0.184. The van der Waals surface area contributed by atoms with Crippen LogP contribution in [0.3, 0.4) is 0 Å². The van der Waals surface area contributed by atoms with Crippen LogP contribution in [0.15, 0.2) is 35.1 Å². The van der Waals surface area contributed by atoms with Crippen LogP contribution >= 0.6 is 0 Å². The van der Waals surface area contributed by atoms with Crippen molar-refractivity contribution in [2.24, 2.45) is 17.6 Å². The Bertz CT molecular complexity index is 1150. The number of nitrogens with zero attached hydrogens (tertiary/aromatic N) is 1. The lowest BCUT2D eigenvalue weighted by Crippen LogP contribution is -2.70. The van der Waals surface area contributed by atoms with E-state index in [1.54, 1.807) is 19.1 Å². The Morgan fingerprint density at radius 3 is 1.95 bits per heavy atom. The summed E-state index contributed by atoms with van der Waals surface area (Å²) in [6.45, 7) is 1.68. The molecule has 17 nitrogen and oxygen atoms in total. The fourth-order valence-electron chi connectivity index (χ4n) is 5.58. The molecule has 21 N–H and O–H groups in total. The number of nitrogens with two attached hydrogens (primary N) is 1. The number of aromatic hydroxyl groups is 1. The average Bonchev–Trinajstić information content (AvgIpc) is 2.70. The Balaban J connectivity index is -0.000000875. The summed E-state index contributed by atoms with van der Waals surface area (Å²) in [5, 5.41) is 54.9. The average molecular weight is 571 g/mol. The van der Waals surface area contributed by atoms with E-state index in [2.05, 4.69) is 0 Å². The SMILES string of the molecule is C[C@H]1c2cccc(O)c2C(O)=C2C(=O)[C@]3(O)C(O)=C(C(N)=O)C(=O)[C@@H](N(C)C)[C@@H]3[C@@H](O)[C@@H]21.O.O.O.O.O.O.O. The van der Waals surface area contributed by atoms with E-state index in [0.717, 1.165) is 0 Å². The smallest absolute Gasteiger partial charge is 0.255 e. The highest BCUT2D eigenvalue weighted by molar-refractivity contribution is 6.24. The third-order valence-corrected chi connectivity index (χ3v) is 6.99. The van der Waals surface area contributed by atoms with Crippen LogP contribution < -0.4 is 5.73 Å². The van der Waals surface area contributed by atoms with Gasteiger partial charge in [0.25, 0.3) is 5.91 Å². The number of carbonyl (C=O) groups excluding carboxylic acids is 3. The third kappa shape index (κ3) is 5.11. The molecule has 3 aliphatic rings. The Kier molecular flexibility index (Phi) is 14.8. The molecule has 0 radical (unpaired) electrons. The molecule has 0 heterocycles. The first-order valence-electron chi connectivity index (χ1n) is 10.0. The van der Waals surface area contributed by atoms with Crippen LogP contribution in [0.4, 0.5) is 0 Å². The predicted octanol–water partition coefficient (Wildman–Crippen LogP) is -6.28. The molecular formula is C22H38N2O15. The minimum atomic E-state index is -2.89. The summed E-state index contributed by atoms with van der Waals surface area (Å²) in [5.41, 5.74) is 1.47. The van der Waals surface area contributed by atoms with Gasteiger partial charge in [0.1, 0.15) is 22.8 Å². The van der Waals surface area contributed by atoms with Crippen molar-refractivity contribution in [1.29, 1.82) is 0 Å². The van der Waals surface area contributed by atoms with E-state index >= 15 is 0 Å². The second-order valence-electron chi connectivity index (χ2n) is 8.79. The summed E-state index contributed by atoms with van der Waals surface area (Å²) in [5.74, 6) is -8.87. The lowest BCUT2D eigenvalue weighted by molar-refractivity contribution is -0.169. The zero-order chi connectivity index (χ0) is 23.9. The molecule has 1 saturated carbocycles. The van der Waals surface area contributed by atoms with Crippen molar-refractivity contribution < 1.29 is 78.2 Å². The van der Waals surface area contributed by atoms with Crippen molar-refractivity contribution >= 4 is 23.2 Å². The number of phenolic OH excluding ortho intramolecular Hbond substituents is 1. The molecular weight excluding hydrogens is 532 g/mol. The number of rotatable bonds is 2. The van der Waals surface area contributed by atoms with Gasteiger partial charge in [-0.25, -0.2) is 0 Å². The number of aliphatic hydroxyl groups excluding tert-OH is 3. The fourth-order valence-corrected chi connectivity index (χ4v) is 5.58. The van der Waals surface area contributed by atoms with E-state index in [1.165, 1.54) is 25.1 Å². The second-order valence-corrected chi connectivity index (χ2v) is 8.79. The monoisotopic (exact) mass is 570 g/mol. The van der Waals surface area contributed by atoms with Gasteiger partial charge in [0.2, 0.25) is 5.78 Å². The van der Waals surface area contributed by atoms with Gasteiger partial charge >= 0.3 is 0 Å². The van der Waals surface area contributed by atoms with Crippen molar-refractivity contribution in [1.82, 2.24) is 4.90 Å². The highest BCUT2D eigenvalue weighted by Crippen LogP contribution is 2.55. The van der Waals surface area contributed by atoms with Gasteiger partial charge in [-0.2, -0.15) is 0 Å². The molecule has 1 aromatic carbocycles. The molecule has 0 saturated heterocycles. The van der Waals surface area contributed by atoms with Gasteiger partial charge in [0.15, 0.2) is 11.4 Å². The number of aliphatic hydroxyl groups is 4. The number of amides is 1. The van der Waals surface area contributed by atoms with Crippen LogP contribution in [-0.4, -0.2) is 118 Å². The Hall–Kier alpha value is -3.49. The molecule has 0 aromatic heterocycles. The van der Waals surface area contributed by atoms with Gasteiger partial charge in [-0.15, -0.1) is 0 Å². The van der Waals surface area contributed by atoms with Gasteiger partial charge in [-0.1, -0.05) is 19.1 Å². The normalized spacial score (nSPS) is 28.2. The van der Waals surface area contributed by atoms with Gasteiger partial charge < -0.3 is 69.6 Å². The number of fused-ring (bicyclic) bond motifs is 3. The maximum atomic E-state index is 13.7. The standard InChI is InChI=1S/C22H24N2O8.7H2O/c1-7-8-5-4-6-9(25)11(8)16(26)12-10(7)17(27)14-15(24(2)3)18(28)13(21(23)31)20(30)22(14,32)19(12)29;;;;;;;/h4-7,10,14-15,17,25-27,30,32H,1-3H3,(H2,23,31);7*1H2/t7-,10+,14+,15-,17-,22-;;;;;;;/m0......./s1. The van der Waals surface area contributed by atoms with Gasteiger partial charge in [-0.05, 0) is 31.6 Å². The molecule has 0 spiro atoms. The molecule has 0 unspecified atom stereocenters. The molecule has 226 valence electrons. The Labute approximate surface area is 221 Å². The zero-order valence-electron chi connectivity index (χ0n) is 21.1. The van der Waals surface area contributed by atoms with Gasteiger partial charge in [-0.3, -0.25) is 19.3 Å². The molecule has 0 aliphatic heterocycles. The minimum Gasteiger partial charge on any atom is -0.508 e. The Morgan fingerprint density at radius 1 is 0.974 bits per heavy atom. The van der Waals surface area contributed by atoms with Crippen molar-refractivity contribution in [3.8, 4) is 5.75 Å². The molecule has 1 amide bonds. The number of hydrogen-bond donors (Lipinski definition) is 6. The number of Topliss-reactive ketones (excluding diaryl/α,β-unsaturated/α-hetero) is 2. The van der Waals surface area contributed by atoms with E-state index < -0.39 is 75.6 Å². The van der Waals surface area contributed by atoms with Crippen LogP contribution in [0, 0.1) is 11.8 Å². The summed E-state index contributed by atoms with van der Waals surface area (Å²) in [6.07, 6.45) is -1.59. The molecule has 17 heteroatoms. The largest absolute Gasteiger partial charge is 0.508 e. The Morgan fingerprint density at radius 2 is 1.49 bits per heavy atom. The summed E-state index contributed by atoms with van der Waals surface area (Å²) in [4.78, 5) is 40.0. The summed E-state index contributed by atoms with van der Waals surface area (Å²) < 4.78 is 0. The van der Waals surface area contributed by atoms with Crippen molar-refractivity contribution in [3.63, 3.8) is 0 Å². The van der Waals surface area contributed by atoms with E-state index in [-0.39, 0.29) is 49.6 Å². The van der Waals surface area contributed by atoms with Crippen LogP contribution in [0.2, 0.25) is 0 Å². The number of carbonyl (C=O) groups is 3. The fraction of sp³-hybridized carbons (Fsp3) is 0.409. The van der Waals surface area contributed by atoms with Crippen LogP contribution in [-0.2, 0) is 14.4 Å². The number of hydrogen-bond acceptors (Lipinski definition) is 9. The van der Waals surface area contributed by atoms with Crippen molar-refractivity contribution in [2.45, 2.75) is 30.6 Å². The van der Waals surface area contributed by atoms with E-state index in [9.17, 15) is 39.9 Å². The lowest BCUT2D eigenvalue weighted by atomic mass is 9.54. The molecule has 3 aliphatic carbocycles. The first kappa shape index (κ1) is 42.6. The first-order chi connectivity index (χ1) is 14.9. The summed E-state index contributed by atoms with van der Waals surface area (Å²) in [6, 6.07) is 3.13. The number of benzene rings is 1. The first-order valence-corrected chi connectivity index (χ1v) is 10.0. The van der Waals surface area contributed by atoms with E-state index in [0.29, 0.717) is 5.56 Å². The number of primary amides is 1. The summed E-state index contributed by atoms with van der Waals surface area (Å²) >= 11 is 0. The van der Waals surface area contributed by atoms with E-state index in [1.807, 2.05) is 0 Å². The highest BCUT2D eigenvalue weighted by atomic mass is 16.4. The molecule has 0 bridgehead atoms. The molecule has 1 aromatic rings. The van der Waals surface area contributed by atoms with Gasteiger partial charge in [0, 0.05) is 11.5 Å². The molecule has 1 fully saturated rings. The third-order valence-electron chi connectivity index (χ3n) is 6.99. The molecule has 4 rings (SSSR count). The molecule has 39 heavy (non-hydrogen) atoms. The van der Waals surface area contributed by atoms with Crippen LogP contribution in [0.5, 0.6) is 5.75 Å². The predicted molar refractivity (Wildman–Crippen MR) is 136 cm³/mol. The van der Waals surface area contributed by atoms with Crippen molar-refractivity contribution in [3.05, 3.63) is 46.2 Å². The highest BCUT2D eigenvalue weighted by Gasteiger charge is 2.68.